The van der Waals surface area contributed by atoms with Crippen molar-refractivity contribution in [2.24, 2.45) is 0 Å². The molecule has 4 rings (SSSR count). The van der Waals surface area contributed by atoms with Crippen LogP contribution in [0.1, 0.15) is 66.4 Å². The molecule has 5 N–H and O–H groups in total. The number of phenols is 1. The number of hydrogen-bond donors (Lipinski definition) is 5. The van der Waals surface area contributed by atoms with Gasteiger partial charge in [0.25, 0.3) is 0 Å². The average Bonchev–Trinajstić information content (AvgIpc) is 2.97. The molecule has 4 atom stereocenters. The van der Waals surface area contributed by atoms with Crippen LogP contribution in [0.4, 0.5) is 5.69 Å². The Morgan fingerprint density at radius 3 is 2.38 bits per heavy atom. The highest BCUT2D eigenvalue weighted by Gasteiger charge is 2.33. The molecule has 4 unspecified atom stereocenters. The summed E-state index contributed by atoms with van der Waals surface area (Å²) in [4.78, 5) is 24.8. The minimum absolute atomic E-state index is 0.0467. The molecule has 224 valence electrons. The van der Waals surface area contributed by atoms with Gasteiger partial charge in [0.05, 0.1) is 24.9 Å². The second-order valence-electron chi connectivity index (χ2n) is 10.6. The second kappa shape index (κ2) is 14.9. The number of amides is 1. The number of phenolic OH excluding ortho intramolecular Hbond substituents is 1. The molecule has 0 spiro atoms. The number of benzene rings is 3. The Morgan fingerprint density at radius 2 is 1.71 bits per heavy atom. The van der Waals surface area contributed by atoms with Gasteiger partial charge < -0.3 is 40.1 Å². The fourth-order valence-corrected chi connectivity index (χ4v) is 4.94. The summed E-state index contributed by atoms with van der Waals surface area (Å²) in [6.07, 6.45) is -1.08. The number of carboxylic acid groups (broad SMARTS) is 1. The quantitative estimate of drug-likeness (QED) is 0.200. The first kappa shape index (κ1) is 31.1. The zero-order valence-corrected chi connectivity index (χ0v) is 23.6. The van der Waals surface area contributed by atoms with Crippen LogP contribution in [0.25, 0.3) is 0 Å². The lowest BCUT2D eigenvalue weighted by molar-refractivity contribution is -0.252. The number of aromatic hydroxyl groups is 1. The van der Waals surface area contributed by atoms with Crippen LogP contribution in [0, 0.1) is 0 Å². The zero-order chi connectivity index (χ0) is 30.1. The maximum Gasteiger partial charge on any atom is 0.303 e. The number of aliphatic hydroxyl groups is 2. The number of aliphatic hydroxyl groups excluding tert-OH is 2. The molecule has 0 saturated carbocycles. The van der Waals surface area contributed by atoms with Crippen molar-refractivity contribution < 1.29 is 39.5 Å². The molecule has 0 aliphatic carbocycles. The van der Waals surface area contributed by atoms with Crippen LogP contribution in [0.5, 0.6) is 5.75 Å². The molecule has 1 aliphatic rings. The van der Waals surface area contributed by atoms with E-state index in [1.54, 1.807) is 36.4 Å². The van der Waals surface area contributed by atoms with Gasteiger partial charge >= 0.3 is 5.97 Å². The molecule has 1 amide bonds. The van der Waals surface area contributed by atoms with Gasteiger partial charge in [-0.1, -0.05) is 48.5 Å². The van der Waals surface area contributed by atoms with E-state index in [1.807, 2.05) is 48.3 Å². The first-order valence-electron chi connectivity index (χ1n) is 14.0. The zero-order valence-electron chi connectivity index (χ0n) is 23.6. The van der Waals surface area contributed by atoms with Gasteiger partial charge in [0, 0.05) is 43.6 Å². The monoisotopic (exact) mass is 578 g/mol. The summed E-state index contributed by atoms with van der Waals surface area (Å²) in [5, 5.41) is 41.5. The molecule has 1 fully saturated rings. The number of likely N-dealkylation sites (N-methyl/N-ethyl adjacent to an activating group) is 1. The SMILES string of the molecule is CN(CC1CC(c2ccc(CO)cc2)OC(c2ccc(NC(=O)CCCC(=O)O)cc2)O1)CC(O)c1cccc(O)c1. The average molecular weight is 579 g/mol. The lowest BCUT2D eigenvalue weighted by Crippen LogP contribution is -2.39. The summed E-state index contributed by atoms with van der Waals surface area (Å²) in [5.41, 5.74) is 3.74. The number of hydrogen-bond acceptors (Lipinski definition) is 8. The van der Waals surface area contributed by atoms with Crippen LogP contribution >= 0.6 is 0 Å². The smallest absolute Gasteiger partial charge is 0.303 e. The van der Waals surface area contributed by atoms with Crippen molar-refractivity contribution in [1.29, 1.82) is 0 Å². The van der Waals surface area contributed by atoms with Crippen molar-refractivity contribution in [1.82, 2.24) is 4.90 Å². The molecule has 0 aromatic heterocycles. The van der Waals surface area contributed by atoms with E-state index in [4.69, 9.17) is 14.6 Å². The van der Waals surface area contributed by atoms with E-state index in [0.29, 0.717) is 30.8 Å². The molecule has 3 aromatic carbocycles. The lowest BCUT2D eigenvalue weighted by atomic mass is 9.99. The van der Waals surface area contributed by atoms with Crippen LogP contribution in [0.2, 0.25) is 0 Å². The molecule has 10 heteroatoms. The van der Waals surface area contributed by atoms with Crippen molar-refractivity contribution in [3.05, 3.63) is 95.1 Å². The van der Waals surface area contributed by atoms with E-state index < -0.39 is 18.4 Å². The van der Waals surface area contributed by atoms with Crippen LogP contribution in [-0.4, -0.2) is 63.4 Å². The Kier molecular flexibility index (Phi) is 11.0. The summed E-state index contributed by atoms with van der Waals surface area (Å²) in [7, 11) is 1.90. The minimum Gasteiger partial charge on any atom is -0.508 e. The summed E-state index contributed by atoms with van der Waals surface area (Å²) >= 11 is 0. The highest BCUT2D eigenvalue weighted by Crippen LogP contribution is 2.38. The number of anilines is 1. The first-order valence-corrected chi connectivity index (χ1v) is 14.0. The van der Waals surface area contributed by atoms with Gasteiger partial charge in [-0.25, -0.2) is 0 Å². The number of aliphatic carboxylic acids is 1. The summed E-state index contributed by atoms with van der Waals surface area (Å²) in [6.45, 7) is 0.811. The number of carbonyl (C=O) groups excluding carboxylic acids is 1. The Labute approximate surface area is 245 Å². The van der Waals surface area contributed by atoms with E-state index in [0.717, 1.165) is 16.7 Å². The fraction of sp³-hybridized carbons (Fsp3) is 0.375. The fourth-order valence-electron chi connectivity index (χ4n) is 4.94. The van der Waals surface area contributed by atoms with Gasteiger partial charge in [-0.2, -0.15) is 0 Å². The number of nitrogens with zero attached hydrogens (tertiary/aromatic N) is 1. The molecule has 1 saturated heterocycles. The van der Waals surface area contributed by atoms with Gasteiger partial charge in [-0.05, 0) is 54.4 Å². The van der Waals surface area contributed by atoms with Gasteiger partial charge in [-0.3, -0.25) is 9.59 Å². The Balaban J connectivity index is 1.44. The topological polar surface area (TPSA) is 149 Å². The Bertz CT molecular complexity index is 1310. The minimum atomic E-state index is -0.931. The number of rotatable bonds is 13. The summed E-state index contributed by atoms with van der Waals surface area (Å²) in [5.74, 6) is -1.08. The molecule has 3 aromatic rings. The molecular formula is C32H38N2O8. The number of carboxylic acids is 1. The summed E-state index contributed by atoms with van der Waals surface area (Å²) in [6, 6.07) is 21.3. The molecule has 0 bridgehead atoms. The van der Waals surface area contributed by atoms with Crippen molar-refractivity contribution in [2.45, 2.75) is 56.9 Å². The molecule has 0 radical (unpaired) electrons. The van der Waals surface area contributed by atoms with E-state index in [9.17, 15) is 24.9 Å². The largest absolute Gasteiger partial charge is 0.508 e. The maximum absolute atomic E-state index is 12.2. The molecule has 42 heavy (non-hydrogen) atoms. The standard InChI is InChI=1S/C32H38N2O8/c1-34(19-28(37)24-4-2-5-26(36)16-24)18-27-17-29(22-10-8-21(20-35)9-11-22)42-32(41-27)23-12-14-25(15-13-23)33-30(38)6-3-7-31(39)40/h2,4-5,8-16,27-29,32,35-37H,3,6-7,17-20H2,1H3,(H,33,38)(H,39,40). The normalized spacial score (nSPS) is 19.4. The number of ether oxygens (including phenoxy) is 2. The predicted molar refractivity (Wildman–Crippen MR) is 156 cm³/mol. The first-order chi connectivity index (χ1) is 20.2. The summed E-state index contributed by atoms with van der Waals surface area (Å²) < 4.78 is 12.8. The Hall–Kier alpha value is -3.80. The van der Waals surface area contributed by atoms with Crippen molar-refractivity contribution in [3.63, 3.8) is 0 Å². The third-order valence-electron chi connectivity index (χ3n) is 7.13. The van der Waals surface area contributed by atoms with Crippen molar-refractivity contribution in [2.75, 3.05) is 25.5 Å². The van der Waals surface area contributed by atoms with Gasteiger partial charge in [-0.15, -0.1) is 0 Å². The maximum atomic E-state index is 12.2. The predicted octanol–water partition coefficient (Wildman–Crippen LogP) is 4.29. The highest BCUT2D eigenvalue weighted by atomic mass is 16.7. The molecular weight excluding hydrogens is 540 g/mol. The van der Waals surface area contributed by atoms with Crippen molar-refractivity contribution in [3.8, 4) is 5.75 Å². The third kappa shape index (κ3) is 9.10. The number of nitrogens with one attached hydrogen (secondary N) is 1. The van der Waals surface area contributed by atoms with E-state index in [2.05, 4.69) is 5.32 Å². The van der Waals surface area contributed by atoms with Gasteiger partial charge in [0.2, 0.25) is 5.91 Å². The third-order valence-corrected chi connectivity index (χ3v) is 7.13. The van der Waals surface area contributed by atoms with Crippen LogP contribution in [0.15, 0.2) is 72.8 Å². The Morgan fingerprint density at radius 1 is 1.00 bits per heavy atom. The van der Waals surface area contributed by atoms with Crippen LogP contribution in [0.3, 0.4) is 0 Å². The van der Waals surface area contributed by atoms with Crippen LogP contribution < -0.4 is 5.32 Å². The van der Waals surface area contributed by atoms with E-state index in [-0.39, 0.29) is 49.7 Å². The second-order valence-corrected chi connectivity index (χ2v) is 10.6. The lowest BCUT2D eigenvalue weighted by Gasteiger charge is -2.38. The van der Waals surface area contributed by atoms with E-state index >= 15 is 0 Å². The van der Waals surface area contributed by atoms with Gasteiger partial charge in [0.15, 0.2) is 6.29 Å². The highest BCUT2D eigenvalue weighted by molar-refractivity contribution is 5.90. The van der Waals surface area contributed by atoms with Crippen molar-refractivity contribution >= 4 is 17.6 Å². The van der Waals surface area contributed by atoms with E-state index in [1.165, 1.54) is 0 Å². The van der Waals surface area contributed by atoms with Crippen LogP contribution in [-0.2, 0) is 25.7 Å². The molecule has 10 nitrogen and oxygen atoms in total. The number of carbonyl (C=O) groups is 2. The molecule has 1 heterocycles. The van der Waals surface area contributed by atoms with Gasteiger partial charge in [0.1, 0.15) is 5.75 Å². The molecule has 1 aliphatic heterocycles.